The molecule has 2 aromatic heterocycles. The molecule has 2 aromatic rings. The topological polar surface area (TPSA) is 50.8 Å². The number of ether oxygens (including phenoxy) is 1. The molecule has 0 fully saturated rings. The van der Waals surface area contributed by atoms with Crippen molar-refractivity contribution in [3.8, 4) is 5.75 Å². The van der Waals surface area contributed by atoms with Gasteiger partial charge in [-0.15, -0.1) is 0 Å². The fourth-order valence-electron chi connectivity index (χ4n) is 1.50. The number of nitrogens with zero attached hydrogens (tertiary/aromatic N) is 2. The zero-order chi connectivity index (χ0) is 11.2. The molecule has 2 rings (SSSR count). The van der Waals surface area contributed by atoms with E-state index in [1.54, 1.807) is 18.7 Å². The summed E-state index contributed by atoms with van der Waals surface area (Å²) in [7, 11) is 0. The zero-order valence-corrected chi connectivity index (χ0v) is 9.31. The molecule has 16 heavy (non-hydrogen) atoms. The number of hydrogen-bond acceptors (Lipinski definition) is 3. The quantitative estimate of drug-likeness (QED) is 0.780. The fraction of sp³-hybridized carbons (Fsp3) is 0.333. The van der Waals surface area contributed by atoms with Crippen LogP contribution in [0.25, 0.3) is 0 Å². The van der Waals surface area contributed by atoms with E-state index in [0.717, 1.165) is 30.0 Å². The molecule has 1 N–H and O–H groups in total. The van der Waals surface area contributed by atoms with Crippen molar-refractivity contribution in [2.45, 2.75) is 19.8 Å². The average Bonchev–Trinajstić information content (AvgIpc) is 2.72. The van der Waals surface area contributed by atoms with Gasteiger partial charge in [0, 0.05) is 18.1 Å². The van der Waals surface area contributed by atoms with Gasteiger partial charge in [0.15, 0.2) is 0 Å². The Hall–Kier alpha value is -1.84. The largest absolute Gasteiger partial charge is 0.493 e. The van der Waals surface area contributed by atoms with Crippen molar-refractivity contribution in [1.29, 1.82) is 0 Å². The standard InChI is InChI=1S/C12H15N3O/c1-10-12(15-9-14-10)3-2-8-16-11-4-6-13-7-5-11/h4-7,9H,2-3,8H2,1H3,(H,14,15). The molecule has 2 heterocycles. The first-order valence-corrected chi connectivity index (χ1v) is 5.38. The second kappa shape index (κ2) is 5.30. The molecule has 0 radical (unpaired) electrons. The third kappa shape index (κ3) is 2.82. The van der Waals surface area contributed by atoms with Crippen LogP contribution in [-0.2, 0) is 6.42 Å². The minimum atomic E-state index is 0.705. The highest BCUT2D eigenvalue weighted by Gasteiger charge is 2.00. The number of hydrogen-bond donors (Lipinski definition) is 1. The Kier molecular flexibility index (Phi) is 3.53. The molecule has 0 aliphatic rings. The van der Waals surface area contributed by atoms with Gasteiger partial charge in [-0.3, -0.25) is 4.98 Å². The van der Waals surface area contributed by atoms with Gasteiger partial charge in [0.05, 0.1) is 18.6 Å². The lowest BCUT2D eigenvalue weighted by Gasteiger charge is -2.04. The summed E-state index contributed by atoms with van der Waals surface area (Å²) < 4.78 is 5.57. The lowest BCUT2D eigenvalue weighted by atomic mass is 10.2. The van der Waals surface area contributed by atoms with Gasteiger partial charge in [-0.05, 0) is 31.9 Å². The van der Waals surface area contributed by atoms with Crippen LogP contribution < -0.4 is 4.74 Å². The highest BCUT2D eigenvalue weighted by Crippen LogP contribution is 2.08. The molecule has 84 valence electrons. The van der Waals surface area contributed by atoms with E-state index in [-0.39, 0.29) is 0 Å². The minimum absolute atomic E-state index is 0.705. The zero-order valence-electron chi connectivity index (χ0n) is 9.31. The van der Waals surface area contributed by atoms with Gasteiger partial charge in [0.1, 0.15) is 5.75 Å². The van der Waals surface area contributed by atoms with E-state index in [0.29, 0.717) is 6.61 Å². The summed E-state index contributed by atoms with van der Waals surface area (Å²) in [6.07, 6.45) is 7.10. The number of aryl methyl sites for hydroxylation is 2. The maximum atomic E-state index is 5.57. The Labute approximate surface area is 94.7 Å². The number of imidazole rings is 1. The summed E-state index contributed by atoms with van der Waals surface area (Å²) in [5.74, 6) is 0.869. The molecular weight excluding hydrogens is 202 g/mol. The molecular formula is C12H15N3O. The summed E-state index contributed by atoms with van der Waals surface area (Å²) in [4.78, 5) is 11.2. The van der Waals surface area contributed by atoms with E-state index in [1.165, 1.54) is 0 Å². The summed E-state index contributed by atoms with van der Waals surface area (Å²) in [6, 6.07) is 3.72. The van der Waals surface area contributed by atoms with Crippen LogP contribution in [-0.4, -0.2) is 21.6 Å². The van der Waals surface area contributed by atoms with Gasteiger partial charge in [-0.2, -0.15) is 0 Å². The Balaban J connectivity index is 1.72. The number of rotatable bonds is 5. The van der Waals surface area contributed by atoms with E-state index in [4.69, 9.17) is 4.74 Å². The Bertz CT molecular complexity index is 425. The van der Waals surface area contributed by atoms with Crippen LogP contribution in [0.15, 0.2) is 30.9 Å². The van der Waals surface area contributed by atoms with Gasteiger partial charge in [-0.1, -0.05) is 0 Å². The third-order valence-corrected chi connectivity index (χ3v) is 2.41. The third-order valence-electron chi connectivity index (χ3n) is 2.41. The maximum absolute atomic E-state index is 5.57. The van der Waals surface area contributed by atoms with Crippen molar-refractivity contribution < 1.29 is 4.74 Å². The van der Waals surface area contributed by atoms with Crippen LogP contribution in [0.3, 0.4) is 0 Å². The second-order valence-electron chi connectivity index (χ2n) is 3.61. The Morgan fingerprint density at radius 3 is 2.81 bits per heavy atom. The Morgan fingerprint density at radius 1 is 1.31 bits per heavy atom. The van der Waals surface area contributed by atoms with E-state index in [1.807, 2.05) is 19.1 Å². The van der Waals surface area contributed by atoms with Crippen LogP contribution in [0.1, 0.15) is 17.8 Å². The molecule has 0 amide bonds. The van der Waals surface area contributed by atoms with Crippen molar-refractivity contribution in [3.63, 3.8) is 0 Å². The van der Waals surface area contributed by atoms with Gasteiger partial charge < -0.3 is 9.72 Å². The van der Waals surface area contributed by atoms with E-state index >= 15 is 0 Å². The Morgan fingerprint density at radius 2 is 2.12 bits per heavy atom. The lowest BCUT2D eigenvalue weighted by Crippen LogP contribution is -2.00. The van der Waals surface area contributed by atoms with E-state index in [9.17, 15) is 0 Å². The molecule has 0 saturated heterocycles. The molecule has 0 unspecified atom stereocenters. The van der Waals surface area contributed by atoms with Crippen molar-refractivity contribution in [1.82, 2.24) is 15.0 Å². The van der Waals surface area contributed by atoms with Crippen molar-refractivity contribution in [2.75, 3.05) is 6.61 Å². The first-order valence-electron chi connectivity index (χ1n) is 5.38. The maximum Gasteiger partial charge on any atom is 0.122 e. The molecule has 0 spiro atoms. The van der Waals surface area contributed by atoms with E-state index < -0.39 is 0 Å². The smallest absolute Gasteiger partial charge is 0.122 e. The van der Waals surface area contributed by atoms with E-state index in [2.05, 4.69) is 15.0 Å². The molecule has 4 heteroatoms. The lowest BCUT2D eigenvalue weighted by molar-refractivity contribution is 0.310. The molecule has 0 atom stereocenters. The highest BCUT2D eigenvalue weighted by atomic mass is 16.5. The van der Waals surface area contributed by atoms with Gasteiger partial charge >= 0.3 is 0 Å². The molecule has 0 aliphatic carbocycles. The summed E-state index contributed by atoms with van der Waals surface area (Å²) in [5.41, 5.74) is 2.27. The number of aromatic amines is 1. The van der Waals surface area contributed by atoms with Crippen LogP contribution in [0.5, 0.6) is 5.75 Å². The normalized spacial score (nSPS) is 10.3. The first kappa shape index (κ1) is 10.7. The number of aromatic nitrogens is 3. The molecule has 0 saturated carbocycles. The minimum Gasteiger partial charge on any atom is -0.493 e. The molecule has 0 aliphatic heterocycles. The predicted octanol–water partition coefficient (Wildman–Crippen LogP) is 2.12. The van der Waals surface area contributed by atoms with Crippen LogP contribution in [0.2, 0.25) is 0 Å². The predicted molar refractivity (Wildman–Crippen MR) is 61.4 cm³/mol. The highest BCUT2D eigenvalue weighted by molar-refractivity contribution is 5.16. The van der Waals surface area contributed by atoms with Crippen molar-refractivity contribution in [2.24, 2.45) is 0 Å². The van der Waals surface area contributed by atoms with Crippen molar-refractivity contribution in [3.05, 3.63) is 42.2 Å². The SMILES string of the molecule is Cc1[nH]cnc1CCCOc1ccncc1. The molecule has 4 nitrogen and oxygen atoms in total. The summed E-state index contributed by atoms with van der Waals surface area (Å²) in [5, 5.41) is 0. The monoisotopic (exact) mass is 217 g/mol. The van der Waals surface area contributed by atoms with Gasteiger partial charge in [-0.25, -0.2) is 4.98 Å². The fourth-order valence-corrected chi connectivity index (χ4v) is 1.50. The second-order valence-corrected chi connectivity index (χ2v) is 3.61. The summed E-state index contributed by atoms with van der Waals surface area (Å²) in [6.45, 7) is 2.74. The van der Waals surface area contributed by atoms with Gasteiger partial charge in [0.25, 0.3) is 0 Å². The molecule has 0 aromatic carbocycles. The number of pyridine rings is 1. The van der Waals surface area contributed by atoms with Crippen molar-refractivity contribution >= 4 is 0 Å². The van der Waals surface area contributed by atoms with Gasteiger partial charge in [0.2, 0.25) is 0 Å². The number of nitrogens with one attached hydrogen (secondary N) is 1. The van der Waals surface area contributed by atoms with Crippen LogP contribution in [0, 0.1) is 6.92 Å². The summed E-state index contributed by atoms with van der Waals surface area (Å²) >= 11 is 0. The first-order chi connectivity index (χ1) is 7.86. The van der Waals surface area contributed by atoms with Crippen LogP contribution in [0.4, 0.5) is 0 Å². The number of H-pyrrole nitrogens is 1. The van der Waals surface area contributed by atoms with Crippen LogP contribution >= 0.6 is 0 Å². The average molecular weight is 217 g/mol. The molecule has 0 bridgehead atoms.